The van der Waals surface area contributed by atoms with Crippen LogP contribution in [0.25, 0.3) is 0 Å². The van der Waals surface area contributed by atoms with Gasteiger partial charge in [0, 0.05) is 31.7 Å². The van der Waals surface area contributed by atoms with Gasteiger partial charge in [0.05, 0.1) is 0 Å². The van der Waals surface area contributed by atoms with Gasteiger partial charge in [-0.15, -0.1) is 0 Å². The van der Waals surface area contributed by atoms with Crippen LogP contribution < -0.4 is 10.6 Å². The van der Waals surface area contributed by atoms with Gasteiger partial charge in [0.1, 0.15) is 0 Å². The summed E-state index contributed by atoms with van der Waals surface area (Å²) in [5.41, 5.74) is 0. The number of carbonyl (C=O) groups is 1. The van der Waals surface area contributed by atoms with Gasteiger partial charge in [0.15, 0.2) is 0 Å². The summed E-state index contributed by atoms with van der Waals surface area (Å²) >= 11 is 0. The number of amides is 2. The molecule has 16 heavy (non-hydrogen) atoms. The lowest BCUT2D eigenvalue weighted by molar-refractivity contribution is 0.188. The molecule has 3 fully saturated rings. The van der Waals surface area contributed by atoms with Gasteiger partial charge < -0.3 is 15.5 Å². The third kappa shape index (κ3) is 1.79. The molecule has 0 radical (unpaired) electrons. The first-order chi connectivity index (χ1) is 7.84. The second kappa shape index (κ2) is 4.24. The number of urea groups is 1. The molecule has 1 saturated carbocycles. The Balaban J connectivity index is 1.57. The lowest BCUT2D eigenvalue weighted by Gasteiger charge is -2.25. The number of rotatable bonds is 1. The molecule has 0 aromatic carbocycles. The maximum Gasteiger partial charge on any atom is 0.317 e. The van der Waals surface area contributed by atoms with Crippen molar-refractivity contribution in [2.24, 2.45) is 5.92 Å². The highest BCUT2D eigenvalue weighted by atomic mass is 16.2. The average Bonchev–Trinajstić information content (AvgIpc) is 2.92. The van der Waals surface area contributed by atoms with E-state index >= 15 is 0 Å². The Bertz CT molecular complexity index is 275. The maximum absolute atomic E-state index is 12.1. The molecule has 4 heteroatoms. The minimum Gasteiger partial charge on any atom is -0.335 e. The summed E-state index contributed by atoms with van der Waals surface area (Å²) in [6.07, 6.45) is 6.07. The Morgan fingerprint density at radius 1 is 1.19 bits per heavy atom. The molecular weight excluding hydrogens is 202 g/mol. The largest absolute Gasteiger partial charge is 0.335 e. The van der Waals surface area contributed by atoms with E-state index in [0.29, 0.717) is 18.0 Å². The molecule has 2 atom stereocenters. The lowest BCUT2D eigenvalue weighted by Crippen LogP contribution is -2.47. The van der Waals surface area contributed by atoms with Crippen LogP contribution in [0.15, 0.2) is 0 Å². The molecule has 0 bridgehead atoms. The van der Waals surface area contributed by atoms with E-state index in [0.717, 1.165) is 19.6 Å². The zero-order valence-corrected chi connectivity index (χ0v) is 9.74. The topological polar surface area (TPSA) is 44.4 Å². The molecule has 2 saturated heterocycles. The van der Waals surface area contributed by atoms with Gasteiger partial charge in [-0.3, -0.25) is 0 Å². The summed E-state index contributed by atoms with van der Waals surface area (Å²) in [5, 5.41) is 6.57. The first-order valence-electron chi connectivity index (χ1n) is 6.62. The van der Waals surface area contributed by atoms with E-state index in [1.54, 1.807) is 0 Å². The van der Waals surface area contributed by atoms with Gasteiger partial charge in [-0.25, -0.2) is 4.79 Å². The number of fused-ring (bicyclic) bond motifs is 1. The Kier molecular flexibility index (Phi) is 2.75. The van der Waals surface area contributed by atoms with Crippen LogP contribution in [-0.4, -0.2) is 42.6 Å². The van der Waals surface area contributed by atoms with Crippen molar-refractivity contribution in [2.45, 2.75) is 44.2 Å². The third-order valence-electron chi connectivity index (χ3n) is 4.39. The van der Waals surface area contributed by atoms with Crippen molar-refractivity contribution < 1.29 is 4.79 Å². The van der Waals surface area contributed by atoms with Gasteiger partial charge in [-0.2, -0.15) is 0 Å². The van der Waals surface area contributed by atoms with Gasteiger partial charge >= 0.3 is 6.03 Å². The van der Waals surface area contributed by atoms with Crippen LogP contribution in [0.5, 0.6) is 0 Å². The standard InChI is InChI=1S/C12H21N3O/c16-12(14-10-3-1-2-4-10)15-6-5-9-7-13-8-11(9)15/h9-11,13H,1-8H2,(H,14,16)/t9-,11+/m0/s1. The lowest BCUT2D eigenvalue weighted by atomic mass is 10.1. The number of hydrogen-bond donors (Lipinski definition) is 2. The molecule has 90 valence electrons. The predicted molar refractivity (Wildman–Crippen MR) is 62.3 cm³/mol. The molecule has 2 heterocycles. The smallest absolute Gasteiger partial charge is 0.317 e. The first kappa shape index (κ1) is 10.4. The van der Waals surface area contributed by atoms with Crippen LogP contribution >= 0.6 is 0 Å². The summed E-state index contributed by atoms with van der Waals surface area (Å²) in [7, 11) is 0. The van der Waals surface area contributed by atoms with Crippen LogP contribution in [0.4, 0.5) is 4.79 Å². The van der Waals surface area contributed by atoms with Crippen molar-refractivity contribution in [3.05, 3.63) is 0 Å². The molecule has 0 aromatic rings. The van der Waals surface area contributed by atoms with Crippen molar-refractivity contribution in [3.8, 4) is 0 Å². The van der Waals surface area contributed by atoms with Crippen LogP contribution in [0, 0.1) is 5.92 Å². The van der Waals surface area contributed by atoms with Crippen molar-refractivity contribution in [2.75, 3.05) is 19.6 Å². The highest BCUT2D eigenvalue weighted by molar-refractivity contribution is 5.75. The average molecular weight is 223 g/mol. The first-order valence-corrected chi connectivity index (χ1v) is 6.62. The molecule has 4 nitrogen and oxygen atoms in total. The molecule has 3 rings (SSSR count). The highest BCUT2D eigenvalue weighted by Crippen LogP contribution is 2.27. The second-order valence-corrected chi connectivity index (χ2v) is 5.40. The van der Waals surface area contributed by atoms with Crippen LogP contribution in [0.3, 0.4) is 0 Å². The van der Waals surface area contributed by atoms with Gasteiger partial charge in [-0.1, -0.05) is 12.8 Å². The number of hydrogen-bond acceptors (Lipinski definition) is 2. The zero-order valence-electron chi connectivity index (χ0n) is 9.74. The number of likely N-dealkylation sites (tertiary alicyclic amines) is 1. The molecule has 0 unspecified atom stereocenters. The second-order valence-electron chi connectivity index (χ2n) is 5.40. The number of nitrogens with one attached hydrogen (secondary N) is 2. The third-order valence-corrected chi connectivity index (χ3v) is 4.39. The summed E-state index contributed by atoms with van der Waals surface area (Å²) in [6.45, 7) is 3.04. The number of nitrogens with zero attached hydrogens (tertiary/aromatic N) is 1. The van der Waals surface area contributed by atoms with Gasteiger partial charge in [0.25, 0.3) is 0 Å². The molecule has 2 N–H and O–H groups in total. The van der Waals surface area contributed by atoms with Crippen LogP contribution in [-0.2, 0) is 0 Å². The Labute approximate surface area is 96.8 Å². The molecule has 0 aromatic heterocycles. The summed E-state index contributed by atoms with van der Waals surface area (Å²) in [5.74, 6) is 0.703. The fourth-order valence-electron chi connectivity index (χ4n) is 3.43. The van der Waals surface area contributed by atoms with Crippen LogP contribution in [0.2, 0.25) is 0 Å². The molecule has 2 amide bonds. The van der Waals surface area contributed by atoms with E-state index in [2.05, 4.69) is 15.5 Å². The van der Waals surface area contributed by atoms with E-state index in [4.69, 9.17) is 0 Å². The fourth-order valence-corrected chi connectivity index (χ4v) is 3.43. The zero-order chi connectivity index (χ0) is 11.0. The van der Waals surface area contributed by atoms with Crippen molar-refractivity contribution in [1.82, 2.24) is 15.5 Å². The van der Waals surface area contributed by atoms with Crippen molar-refractivity contribution in [1.29, 1.82) is 0 Å². The monoisotopic (exact) mass is 223 g/mol. The Morgan fingerprint density at radius 3 is 2.81 bits per heavy atom. The van der Waals surface area contributed by atoms with E-state index in [1.165, 1.54) is 32.1 Å². The minimum atomic E-state index is 0.183. The summed E-state index contributed by atoms with van der Waals surface area (Å²) < 4.78 is 0. The molecule has 1 aliphatic carbocycles. The van der Waals surface area contributed by atoms with E-state index in [1.807, 2.05) is 0 Å². The van der Waals surface area contributed by atoms with E-state index in [9.17, 15) is 4.79 Å². The van der Waals surface area contributed by atoms with Gasteiger partial charge in [0.2, 0.25) is 0 Å². The SMILES string of the molecule is O=C(NC1CCCC1)N1CC[C@H]2CNC[C@H]21. The molecule has 2 aliphatic heterocycles. The quantitative estimate of drug-likeness (QED) is 0.694. The summed E-state index contributed by atoms with van der Waals surface area (Å²) in [4.78, 5) is 14.2. The molecule has 0 spiro atoms. The van der Waals surface area contributed by atoms with E-state index < -0.39 is 0 Å². The van der Waals surface area contributed by atoms with Gasteiger partial charge in [-0.05, 0) is 25.2 Å². The Morgan fingerprint density at radius 2 is 2.00 bits per heavy atom. The minimum absolute atomic E-state index is 0.183. The normalized spacial score (nSPS) is 34.4. The highest BCUT2D eigenvalue weighted by Gasteiger charge is 2.40. The van der Waals surface area contributed by atoms with Crippen molar-refractivity contribution in [3.63, 3.8) is 0 Å². The van der Waals surface area contributed by atoms with Crippen molar-refractivity contribution >= 4 is 6.03 Å². The van der Waals surface area contributed by atoms with Crippen LogP contribution in [0.1, 0.15) is 32.1 Å². The van der Waals surface area contributed by atoms with E-state index in [-0.39, 0.29) is 6.03 Å². The Hall–Kier alpha value is -0.770. The summed E-state index contributed by atoms with van der Waals surface area (Å²) in [6, 6.07) is 1.09. The maximum atomic E-state index is 12.1. The molecule has 3 aliphatic rings. The fraction of sp³-hybridized carbons (Fsp3) is 0.917. The molecular formula is C12H21N3O. The number of carbonyl (C=O) groups excluding carboxylic acids is 1. The predicted octanol–water partition coefficient (Wildman–Crippen LogP) is 0.932.